The monoisotopic (exact) mass is 1380 g/mol. The molecule has 0 radical (unpaired) electrons. The van der Waals surface area contributed by atoms with Crippen molar-refractivity contribution in [3.63, 3.8) is 0 Å². The highest BCUT2D eigenvalue weighted by Crippen LogP contribution is 2.67. The van der Waals surface area contributed by atoms with Crippen LogP contribution in [-0.2, 0) is 66.7 Å². The van der Waals surface area contributed by atoms with E-state index in [2.05, 4.69) is 53.7 Å². The molecule has 556 valence electrons. The average Bonchev–Trinajstić information content (AvgIpc) is 1.69. The van der Waals surface area contributed by atoms with E-state index in [-0.39, 0.29) is 99.1 Å². The van der Waals surface area contributed by atoms with Crippen molar-refractivity contribution in [1.29, 1.82) is 10.5 Å². The summed E-state index contributed by atoms with van der Waals surface area (Å²) in [6.07, 6.45) is 21.4. The number of carbonyl (C=O) groups excluding carboxylic acids is 7. The van der Waals surface area contributed by atoms with Gasteiger partial charge in [0.25, 0.3) is 0 Å². The maximum absolute atomic E-state index is 12.6. The van der Waals surface area contributed by atoms with E-state index in [1.807, 2.05) is 96.9 Å². The lowest BCUT2D eigenvalue weighted by molar-refractivity contribution is -0.264. The van der Waals surface area contributed by atoms with E-state index in [0.29, 0.717) is 50.9 Å². The van der Waals surface area contributed by atoms with Crippen LogP contribution in [-0.4, -0.2) is 104 Å². The van der Waals surface area contributed by atoms with E-state index in [1.165, 1.54) is 64.2 Å². The van der Waals surface area contributed by atoms with Crippen LogP contribution >= 0.6 is 0 Å². The Morgan fingerprint density at radius 2 is 0.838 bits per heavy atom. The summed E-state index contributed by atoms with van der Waals surface area (Å²) in [6.45, 7) is 39.9. The average molecular weight is 1380 g/mol. The zero-order valence-corrected chi connectivity index (χ0v) is 64.3. The van der Waals surface area contributed by atoms with Gasteiger partial charge in [-0.1, -0.05) is 54.4 Å². The quantitative estimate of drug-likeness (QED) is 0.101. The number of nitriles is 2. The van der Waals surface area contributed by atoms with Crippen molar-refractivity contribution in [3.05, 3.63) is 0 Å². The second-order valence-electron chi connectivity index (χ2n) is 38.5. The smallest absolute Gasteiger partial charge is 0.327 e. The van der Waals surface area contributed by atoms with Gasteiger partial charge in [-0.25, -0.2) is 0 Å². The van der Waals surface area contributed by atoms with Crippen molar-refractivity contribution in [1.82, 2.24) is 0 Å². The standard InChI is InChI=1S/C19H32O2.C16H26O4.C16H30O2.2C15H19NO4/c1-6-17(2,3)16(20)21-18(4,5)19-10-13-7-14(11-19)9-15(8-13)12-19;1-4-13(2,3)12(17)20-16-7-11-5-14(18,9-16)8-15(19,6-11)10-16;1-7-15(3,4)14(17)18-16(5,6)13-10-8-12(2)9-11-13;2*1-4-14(2,3)12(17)19-10-8-5-9-11(10)20-13(18)15(9,6-8)7-16/h13-15H,6-12H2,1-5H3;11,18-19H,4-10H2,1-3H3;12-13H,7-11H2,1-6H3;2*8-11H,4-6H2,1-3H3. The molecule has 12 bridgehead atoms. The molecule has 0 amide bonds. The van der Waals surface area contributed by atoms with Gasteiger partial charge in [0, 0.05) is 48.3 Å². The third-order valence-electron chi connectivity index (χ3n) is 28.5. The molecule has 18 nitrogen and oxygen atoms in total. The minimum atomic E-state index is -0.974. The lowest BCUT2D eigenvalue weighted by atomic mass is 9.46. The van der Waals surface area contributed by atoms with Crippen LogP contribution in [0, 0.1) is 125 Å². The first-order valence-corrected chi connectivity index (χ1v) is 38.5. The van der Waals surface area contributed by atoms with Crippen LogP contribution in [0.25, 0.3) is 0 Å². The Bertz CT molecular complexity index is 3010. The number of nitrogens with zero attached hydrogens (tertiary/aromatic N) is 2. The molecule has 2 aliphatic heterocycles. The fourth-order valence-corrected chi connectivity index (χ4v) is 20.3. The van der Waals surface area contributed by atoms with Crippen molar-refractivity contribution >= 4 is 41.8 Å². The normalized spacial score (nSPS) is 39.0. The number of carbonyl (C=O) groups is 7. The molecule has 15 rings (SSSR count). The van der Waals surface area contributed by atoms with Gasteiger partial charge in [-0.2, -0.15) is 10.5 Å². The Morgan fingerprint density at radius 3 is 1.20 bits per heavy atom. The zero-order valence-electron chi connectivity index (χ0n) is 64.3. The largest absolute Gasteiger partial charge is 0.459 e. The number of rotatable bonds is 17. The minimum absolute atomic E-state index is 0.00857. The van der Waals surface area contributed by atoms with Crippen LogP contribution in [0.2, 0.25) is 0 Å². The molecule has 13 aliphatic carbocycles. The summed E-state index contributed by atoms with van der Waals surface area (Å²) in [5, 5.41) is 39.9. The number of fused-ring (bicyclic) bond motifs is 2. The van der Waals surface area contributed by atoms with Gasteiger partial charge in [-0.15, -0.1) is 0 Å². The van der Waals surface area contributed by atoms with E-state index in [4.69, 9.17) is 33.2 Å². The molecule has 0 spiro atoms. The minimum Gasteiger partial charge on any atom is -0.459 e. The van der Waals surface area contributed by atoms with Crippen molar-refractivity contribution in [3.8, 4) is 12.1 Å². The van der Waals surface area contributed by atoms with Crippen LogP contribution in [0.4, 0.5) is 0 Å². The molecule has 2 saturated heterocycles. The first kappa shape index (κ1) is 78.3. The van der Waals surface area contributed by atoms with Crippen LogP contribution in [0.3, 0.4) is 0 Å². The van der Waals surface area contributed by atoms with Gasteiger partial charge in [-0.05, 0) is 261 Å². The molecule has 18 heteroatoms. The molecule has 13 saturated carbocycles. The van der Waals surface area contributed by atoms with Gasteiger partial charge in [0.2, 0.25) is 0 Å². The van der Waals surface area contributed by atoms with E-state index in [1.54, 1.807) is 0 Å². The Hall–Kier alpha value is -4.81. The SMILES string of the molecule is CCC(C)(C)C(=O)OC(C)(C)C12CC3CC(CC(C3)C1)C2.CCC(C)(C)C(=O)OC(C)(C)C1CCC(C)CC1.CCC(C)(C)C(=O)OC12CC3CC(O)(CC(O)(C3)C1)C2.CCC(C)(C)C(=O)OC1C2CC3C1OC(=O)C3(C#N)C2.CCC(C)(C)C(=O)OC1C2CC3C1OC(=O)C3(C#N)C2. The molecule has 15 aliphatic rings. The number of hydrogen-bond donors (Lipinski definition) is 2. The summed E-state index contributed by atoms with van der Waals surface area (Å²) in [4.78, 5) is 85.5. The Labute approximate surface area is 592 Å². The maximum atomic E-state index is 12.6. The Kier molecular flexibility index (Phi) is 21.6. The Balaban J connectivity index is 0.000000145. The predicted molar refractivity (Wildman–Crippen MR) is 370 cm³/mol. The van der Waals surface area contributed by atoms with E-state index in [9.17, 15) is 54.3 Å². The third kappa shape index (κ3) is 14.9. The van der Waals surface area contributed by atoms with E-state index in [0.717, 1.165) is 75.0 Å². The van der Waals surface area contributed by atoms with Crippen molar-refractivity contribution < 1.29 is 76.9 Å². The van der Waals surface area contributed by atoms with Gasteiger partial charge < -0.3 is 43.4 Å². The highest BCUT2D eigenvalue weighted by Gasteiger charge is 2.74. The third-order valence-corrected chi connectivity index (χ3v) is 28.5. The molecule has 12 unspecified atom stereocenters. The highest BCUT2D eigenvalue weighted by atomic mass is 16.6. The van der Waals surface area contributed by atoms with Crippen LogP contribution in [0.1, 0.15) is 299 Å². The van der Waals surface area contributed by atoms with Gasteiger partial charge in [0.15, 0.2) is 10.8 Å². The Morgan fingerprint density at radius 1 is 0.475 bits per heavy atom. The van der Waals surface area contributed by atoms with Gasteiger partial charge in [0.05, 0.1) is 50.4 Å². The first-order valence-electron chi connectivity index (χ1n) is 38.5. The highest BCUT2D eigenvalue weighted by molar-refractivity contribution is 5.86. The second kappa shape index (κ2) is 27.3. The predicted octanol–water partition coefficient (Wildman–Crippen LogP) is 15.3. The summed E-state index contributed by atoms with van der Waals surface area (Å²) in [6, 6.07) is 4.30. The fraction of sp³-hybridized carbons (Fsp3) is 0.889. The molecule has 2 heterocycles. The number of hydrogen-bond acceptors (Lipinski definition) is 18. The summed E-state index contributed by atoms with van der Waals surface area (Å²) in [5.74, 6) is 2.66. The molecule has 99 heavy (non-hydrogen) atoms. The lowest BCUT2D eigenvalue weighted by Crippen LogP contribution is -2.67. The summed E-state index contributed by atoms with van der Waals surface area (Å²) in [5.41, 5.74) is -6.95. The first-order chi connectivity index (χ1) is 45.7. The molecule has 12 atom stereocenters. The van der Waals surface area contributed by atoms with Crippen LogP contribution < -0.4 is 0 Å². The number of aliphatic hydroxyl groups is 2. The number of ether oxygens (including phenoxy) is 7. The van der Waals surface area contributed by atoms with Crippen molar-refractivity contribution in [2.75, 3.05) is 0 Å². The topological polar surface area (TPSA) is 272 Å². The maximum Gasteiger partial charge on any atom is 0.327 e. The molecular formula is C81H126N2O16. The van der Waals surface area contributed by atoms with Gasteiger partial charge >= 0.3 is 41.8 Å². The summed E-state index contributed by atoms with van der Waals surface area (Å²) in [7, 11) is 0. The van der Waals surface area contributed by atoms with Crippen LogP contribution in [0.15, 0.2) is 0 Å². The summed E-state index contributed by atoms with van der Waals surface area (Å²) < 4.78 is 39.8. The number of esters is 7. The molecule has 0 aromatic heterocycles. The molecule has 0 aromatic rings. The van der Waals surface area contributed by atoms with Crippen LogP contribution in [0.5, 0.6) is 0 Å². The van der Waals surface area contributed by atoms with E-state index < -0.39 is 68.0 Å². The lowest BCUT2D eigenvalue weighted by Gasteiger charge is -2.62. The van der Waals surface area contributed by atoms with Gasteiger partial charge in [0.1, 0.15) is 41.2 Å². The molecule has 2 N–H and O–H groups in total. The van der Waals surface area contributed by atoms with E-state index >= 15 is 0 Å². The molecule has 15 fully saturated rings. The molecule has 0 aromatic carbocycles. The van der Waals surface area contributed by atoms with Crippen molar-refractivity contribution in [2.45, 2.75) is 351 Å². The second-order valence-corrected chi connectivity index (χ2v) is 38.5. The summed E-state index contributed by atoms with van der Waals surface area (Å²) >= 11 is 0. The van der Waals surface area contributed by atoms with Gasteiger partial charge in [-0.3, -0.25) is 33.6 Å². The molecular weight excluding hydrogens is 1260 g/mol. The zero-order chi connectivity index (χ0) is 73.7. The van der Waals surface area contributed by atoms with Crippen molar-refractivity contribution in [2.24, 2.45) is 102 Å². The fourth-order valence-electron chi connectivity index (χ4n) is 20.3.